The molecule has 2 fully saturated rings. The molecule has 4 aromatic carbocycles. The molecule has 0 aliphatic carbocycles. The number of carbonyl (C=O) groups excluding carboxylic acids is 2. The number of furan rings is 1. The van der Waals surface area contributed by atoms with E-state index in [0.717, 1.165) is 145 Å². The van der Waals surface area contributed by atoms with Gasteiger partial charge in [0.15, 0.2) is 0 Å². The zero-order valence-electron chi connectivity index (χ0n) is 33.2. The molecule has 5 heterocycles. The molecule has 0 bridgehead atoms. The Morgan fingerprint density at radius 3 is 1.34 bits per heavy atom. The number of carbonyl (C=O) groups is 2. The second-order valence-electron chi connectivity index (χ2n) is 16.2. The Balaban J connectivity index is 0.828. The minimum Gasteiger partial charge on any atom is -0.456 e. The van der Waals surface area contributed by atoms with Gasteiger partial charge in [-0.3, -0.25) is 9.59 Å². The first-order valence-electron chi connectivity index (χ1n) is 21.0. The van der Waals surface area contributed by atoms with Crippen LogP contribution in [0.5, 0.6) is 0 Å². The monoisotopic (exact) mass is 790 g/mol. The van der Waals surface area contributed by atoms with Crippen LogP contribution in [0, 0.1) is 11.8 Å². The SMILES string of the molecule is O=C(c1ccc2nc(-c3ccc(-c4ccc(-c5ccc(-c6nc7ccc(C(=O)N8CCC(CCCO)CC8)cc7[nH]6)cc5)o4)cc3)[nH]c2c1)N1CCC(CCCO)CC1. The van der Waals surface area contributed by atoms with E-state index < -0.39 is 0 Å². The van der Waals surface area contributed by atoms with Crippen molar-refractivity contribution in [3.8, 4) is 45.4 Å². The number of amides is 2. The smallest absolute Gasteiger partial charge is 0.253 e. The lowest BCUT2D eigenvalue weighted by Crippen LogP contribution is -2.38. The summed E-state index contributed by atoms with van der Waals surface area (Å²) in [7, 11) is 0. The van der Waals surface area contributed by atoms with E-state index in [1.54, 1.807) is 0 Å². The molecule has 0 atom stereocenters. The lowest BCUT2D eigenvalue weighted by atomic mass is 9.92. The zero-order valence-corrected chi connectivity index (χ0v) is 33.2. The van der Waals surface area contributed by atoms with Crippen LogP contribution in [0.2, 0.25) is 0 Å². The number of likely N-dealkylation sites (tertiary alicyclic amines) is 2. The maximum atomic E-state index is 13.3. The van der Waals surface area contributed by atoms with Crippen LogP contribution in [0.1, 0.15) is 72.1 Å². The van der Waals surface area contributed by atoms with Crippen molar-refractivity contribution in [3.63, 3.8) is 0 Å². The molecule has 0 spiro atoms. The molecule has 11 heteroatoms. The highest BCUT2D eigenvalue weighted by Crippen LogP contribution is 2.33. The van der Waals surface area contributed by atoms with E-state index in [-0.39, 0.29) is 25.0 Å². The number of piperidine rings is 2. The van der Waals surface area contributed by atoms with Gasteiger partial charge in [-0.1, -0.05) is 48.5 Å². The van der Waals surface area contributed by atoms with Crippen LogP contribution < -0.4 is 0 Å². The number of hydrogen-bond donors (Lipinski definition) is 4. The Hall–Kier alpha value is -6.04. The highest BCUT2D eigenvalue weighted by atomic mass is 16.3. The van der Waals surface area contributed by atoms with Crippen molar-refractivity contribution in [1.82, 2.24) is 29.7 Å². The van der Waals surface area contributed by atoms with E-state index >= 15 is 0 Å². The number of imidazole rings is 2. The van der Waals surface area contributed by atoms with Gasteiger partial charge in [-0.15, -0.1) is 0 Å². The molecule has 7 aromatic rings. The fraction of sp³-hybridized carbons (Fsp3) is 0.333. The lowest BCUT2D eigenvalue weighted by Gasteiger charge is -2.32. The fourth-order valence-electron chi connectivity index (χ4n) is 8.77. The summed E-state index contributed by atoms with van der Waals surface area (Å²) < 4.78 is 6.32. The van der Waals surface area contributed by atoms with Crippen LogP contribution in [-0.2, 0) is 0 Å². The number of rotatable bonds is 12. The van der Waals surface area contributed by atoms with E-state index in [4.69, 9.17) is 24.6 Å². The second kappa shape index (κ2) is 17.1. The van der Waals surface area contributed by atoms with Gasteiger partial charge < -0.3 is 34.4 Å². The van der Waals surface area contributed by atoms with Crippen molar-refractivity contribution in [1.29, 1.82) is 0 Å². The van der Waals surface area contributed by atoms with E-state index in [1.165, 1.54) is 0 Å². The normalized spacial score (nSPS) is 15.4. The summed E-state index contributed by atoms with van der Waals surface area (Å²) in [6, 6.07) is 31.5. The zero-order chi connectivity index (χ0) is 40.3. The van der Waals surface area contributed by atoms with Crippen LogP contribution in [0.25, 0.3) is 67.5 Å². The number of aromatic amines is 2. The molecular weight excluding hydrogens is 741 g/mol. The molecule has 2 amide bonds. The molecule has 11 nitrogen and oxygen atoms in total. The number of fused-ring (bicyclic) bond motifs is 2. The number of aliphatic hydroxyl groups excluding tert-OH is 2. The summed E-state index contributed by atoms with van der Waals surface area (Å²) >= 11 is 0. The summed E-state index contributed by atoms with van der Waals surface area (Å²) in [5.41, 5.74) is 8.37. The first kappa shape index (κ1) is 38.5. The van der Waals surface area contributed by atoms with Gasteiger partial charge in [0.05, 0.1) is 22.1 Å². The first-order valence-corrected chi connectivity index (χ1v) is 21.0. The van der Waals surface area contributed by atoms with Gasteiger partial charge in [-0.05, 0) is 112 Å². The van der Waals surface area contributed by atoms with Crippen LogP contribution in [0.15, 0.2) is 101 Å². The Kier molecular flexibility index (Phi) is 11.1. The van der Waals surface area contributed by atoms with Crippen molar-refractivity contribution in [2.75, 3.05) is 39.4 Å². The summed E-state index contributed by atoms with van der Waals surface area (Å²) in [6.45, 7) is 3.47. The third-order valence-corrected chi connectivity index (χ3v) is 12.3. The molecule has 59 heavy (non-hydrogen) atoms. The maximum absolute atomic E-state index is 13.3. The number of nitrogens with one attached hydrogen (secondary N) is 2. The average Bonchev–Trinajstić information content (AvgIpc) is 4.06. The lowest BCUT2D eigenvalue weighted by molar-refractivity contribution is 0.0676. The molecule has 2 aliphatic rings. The number of nitrogens with zero attached hydrogens (tertiary/aromatic N) is 4. The molecule has 2 saturated heterocycles. The van der Waals surface area contributed by atoms with Crippen molar-refractivity contribution in [2.24, 2.45) is 11.8 Å². The number of hydrogen-bond acceptors (Lipinski definition) is 7. The van der Waals surface area contributed by atoms with Crippen LogP contribution in [-0.4, -0.2) is 91.2 Å². The molecule has 2 aliphatic heterocycles. The summed E-state index contributed by atoms with van der Waals surface area (Å²) in [4.78, 5) is 47.0. The minimum atomic E-state index is 0.0514. The quantitative estimate of drug-likeness (QED) is 0.0965. The molecule has 302 valence electrons. The predicted octanol–water partition coefficient (Wildman–Crippen LogP) is 8.95. The van der Waals surface area contributed by atoms with E-state index in [2.05, 4.69) is 9.97 Å². The largest absolute Gasteiger partial charge is 0.456 e. The van der Waals surface area contributed by atoms with Gasteiger partial charge >= 0.3 is 0 Å². The van der Waals surface area contributed by atoms with E-state index in [1.807, 2.05) is 107 Å². The number of aromatic nitrogens is 4. The Morgan fingerprint density at radius 2 is 0.949 bits per heavy atom. The van der Waals surface area contributed by atoms with Gasteiger partial charge in [0.25, 0.3) is 11.8 Å². The number of H-pyrrole nitrogens is 2. The van der Waals surface area contributed by atoms with Gasteiger partial charge in [0.2, 0.25) is 0 Å². The topological polar surface area (TPSA) is 152 Å². The van der Waals surface area contributed by atoms with E-state index in [0.29, 0.717) is 23.0 Å². The number of aliphatic hydroxyl groups is 2. The van der Waals surface area contributed by atoms with Crippen molar-refractivity contribution < 1.29 is 24.2 Å². The highest BCUT2D eigenvalue weighted by molar-refractivity contribution is 5.98. The van der Waals surface area contributed by atoms with Gasteiger partial charge in [0.1, 0.15) is 23.2 Å². The molecule has 0 unspecified atom stereocenters. The van der Waals surface area contributed by atoms with Crippen molar-refractivity contribution in [3.05, 3.63) is 108 Å². The predicted molar refractivity (Wildman–Crippen MR) is 230 cm³/mol. The highest BCUT2D eigenvalue weighted by Gasteiger charge is 2.25. The van der Waals surface area contributed by atoms with Crippen molar-refractivity contribution in [2.45, 2.75) is 51.4 Å². The van der Waals surface area contributed by atoms with Crippen LogP contribution in [0.4, 0.5) is 0 Å². The summed E-state index contributed by atoms with van der Waals surface area (Å²) in [5, 5.41) is 18.3. The molecule has 9 rings (SSSR count). The van der Waals surface area contributed by atoms with Crippen LogP contribution >= 0.6 is 0 Å². The molecule has 0 saturated carbocycles. The summed E-state index contributed by atoms with van der Waals surface area (Å²) in [5.74, 6) is 4.26. The molecular formula is C48H50N6O5. The Labute approximate surface area is 343 Å². The van der Waals surface area contributed by atoms with Gasteiger partial charge in [-0.25, -0.2) is 9.97 Å². The molecule has 0 radical (unpaired) electrons. The average molecular weight is 791 g/mol. The molecule has 3 aromatic heterocycles. The minimum absolute atomic E-state index is 0.0514. The van der Waals surface area contributed by atoms with Crippen LogP contribution in [0.3, 0.4) is 0 Å². The van der Waals surface area contributed by atoms with E-state index in [9.17, 15) is 9.59 Å². The first-order chi connectivity index (χ1) is 28.9. The standard InChI is InChI=1S/C48H50N6O5/c55-27-1-3-31-19-23-53(24-20-31)47(57)37-13-15-39-41(29-37)51-45(49-39)35-9-5-33(6-10-35)43-17-18-44(59-43)34-7-11-36(12-8-34)46-50-40-16-14-38(30-42(40)52-46)48(58)54-25-21-32(22-26-54)4-2-28-56/h5-18,29-32,55-56H,1-4,19-28H2,(H,49,51)(H,50,52). The van der Waals surface area contributed by atoms with Gasteiger partial charge in [0, 0.05) is 72.8 Å². The molecule has 4 N–H and O–H groups in total. The Morgan fingerprint density at radius 1 is 0.559 bits per heavy atom. The van der Waals surface area contributed by atoms with Crippen molar-refractivity contribution >= 4 is 33.9 Å². The third-order valence-electron chi connectivity index (χ3n) is 12.3. The summed E-state index contributed by atoms with van der Waals surface area (Å²) in [6.07, 6.45) is 7.64. The number of benzene rings is 4. The maximum Gasteiger partial charge on any atom is 0.253 e. The third kappa shape index (κ3) is 8.31. The van der Waals surface area contributed by atoms with Gasteiger partial charge in [-0.2, -0.15) is 0 Å². The second-order valence-corrected chi connectivity index (χ2v) is 16.2. The fourth-order valence-corrected chi connectivity index (χ4v) is 8.77. The Bertz CT molecular complexity index is 2380.